The third kappa shape index (κ3) is 2.38. The molecule has 0 amide bonds. The van der Waals surface area contributed by atoms with Crippen LogP contribution in [0.15, 0.2) is 18.2 Å². The number of benzene rings is 1. The Labute approximate surface area is 89.1 Å². The molecule has 4 heteroatoms. The Morgan fingerprint density at radius 2 is 2.13 bits per heavy atom. The summed E-state index contributed by atoms with van der Waals surface area (Å²) in [4.78, 5) is 1.87. The molecule has 4 nitrogen and oxygen atoms in total. The molecular weight excluding hydrogens is 188 g/mol. The quantitative estimate of drug-likeness (QED) is 0.750. The van der Waals surface area contributed by atoms with Crippen LogP contribution < -0.4 is 10.6 Å². The predicted octanol–water partition coefficient (Wildman–Crippen LogP) is 1.49. The maximum Gasteiger partial charge on any atom is 0.101 e. The highest BCUT2D eigenvalue weighted by atomic mass is 15.1. The van der Waals surface area contributed by atoms with Crippen molar-refractivity contribution in [2.24, 2.45) is 0 Å². The fraction of sp³-hybridized carbons (Fsp3) is 0.273. The van der Waals surface area contributed by atoms with Gasteiger partial charge in [0.1, 0.15) is 6.07 Å². The fourth-order valence-electron chi connectivity index (χ4n) is 1.32. The van der Waals surface area contributed by atoms with E-state index in [1.807, 2.05) is 24.1 Å². The van der Waals surface area contributed by atoms with Crippen LogP contribution in [-0.4, -0.2) is 13.6 Å². The monoisotopic (exact) mass is 200 g/mol. The summed E-state index contributed by atoms with van der Waals surface area (Å²) in [6.07, 6.45) is 0.437. The molecule has 0 unspecified atom stereocenters. The van der Waals surface area contributed by atoms with Gasteiger partial charge in [-0.15, -0.1) is 0 Å². The van der Waals surface area contributed by atoms with Gasteiger partial charge in [0.15, 0.2) is 0 Å². The number of nitriles is 2. The summed E-state index contributed by atoms with van der Waals surface area (Å²) < 4.78 is 0. The van der Waals surface area contributed by atoms with Gasteiger partial charge in [-0.05, 0) is 12.1 Å². The Morgan fingerprint density at radius 1 is 1.40 bits per heavy atom. The van der Waals surface area contributed by atoms with Crippen molar-refractivity contribution >= 4 is 11.4 Å². The van der Waals surface area contributed by atoms with Crippen LogP contribution in [-0.2, 0) is 0 Å². The molecule has 0 fully saturated rings. The van der Waals surface area contributed by atoms with Gasteiger partial charge in [-0.3, -0.25) is 0 Å². The van der Waals surface area contributed by atoms with Crippen molar-refractivity contribution in [3.05, 3.63) is 23.8 Å². The van der Waals surface area contributed by atoms with E-state index in [4.69, 9.17) is 16.3 Å². The van der Waals surface area contributed by atoms with Crippen molar-refractivity contribution in [3.63, 3.8) is 0 Å². The molecule has 0 aliphatic carbocycles. The van der Waals surface area contributed by atoms with Crippen molar-refractivity contribution in [2.45, 2.75) is 6.42 Å². The minimum absolute atomic E-state index is 0.437. The van der Waals surface area contributed by atoms with Crippen LogP contribution in [0, 0.1) is 22.7 Å². The zero-order chi connectivity index (χ0) is 11.3. The average Bonchev–Trinajstić information content (AvgIpc) is 2.26. The standard InChI is InChI=1S/C11H12N4/c1-15(7-3-6-12)10-5-2-4-9(8-13)11(10)14/h2,4-5H,3,7,14H2,1H3. The van der Waals surface area contributed by atoms with Crippen LogP contribution in [0.2, 0.25) is 0 Å². The van der Waals surface area contributed by atoms with Gasteiger partial charge >= 0.3 is 0 Å². The summed E-state index contributed by atoms with van der Waals surface area (Å²) in [6.45, 7) is 0.607. The smallest absolute Gasteiger partial charge is 0.101 e. The fourth-order valence-corrected chi connectivity index (χ4v) is 1.32. The minimum atomic E-state index is 0.437. The van der Waals surface area contributed by atoms with Crippen LogP contribution in [0.3, 0.4) is 0 Å². The van der Waals surface area contributed by atoms with Crippen molar-refractivity contribution < 1.29 is 0 Å². The number of nitrogens with zero attached hydrogens (tertiary/aromatic N) is 3. The summed E-state index contributed by atoms with van der Waals surface area (Å²) in [7, 11) is 1.85. The van der Waals surface area contributed by atoms with E-state index in [1.165, 1.54) is 0 Å². The molecule has 1 rings (SSSR count). The second-order valence-corrected chi connectivity index (χ2v) is 3.18. The molecule has 0 heterocycles. The van der Waals surface area contributed by atoms with Crippen molar-refractivity contribution in [3.8, 4) is 12.1 Å². The summed E-state index contributed by atoms with van der Waals surface area (Å²) in [5.74, 6) is 0. The lowest BCUT2D eigenvalue weighted by Crippen LogP contribution is -2.19. The number of para-hydroxylation sites is 1. The first-order valence-corrected chi connectivity index (χ1v) is 4.57. The third-order valence-electron chi connectivity index (χ3n) is 2.17. The van der Waals surface area contributed by atoms with Crippen LogP contribution in [0.5, 0.6) is 0 Å². The zero-order valence-corrected chi connectivity index (χ0v) is 8.57. The first-order valence-electron chi connectivity index (χ1n) is 4.57. The van der Waals surface area contributed by atoms with E-state index in [0.29, 0.717) is 24.2 Å². The molecule has 1 aromatic carbocycles. The Morgan fingerprint density at radius 3 is 2.73 bits per heavy atom. The number of nitrogens with two attached hydrogens (primary N) is 1. The molecule has 76 valence electrons. The Hall–Kier alpha value is -2.20. The molecule has 15 heavy (non-hydrogen) atoms. The van der Waals surface area contributed by atoms with Crippen molar-refractivity contribution in [1.29, 1.82) is 10.5 Å². The maximum atomic E-state index is 8.80. The van der Waals surface area contributed by atoms with E-state index < -0.39 is 0 Å². The normalized spacial score (nSPS) is 9.00. The first-order chi connectivity index (χ1) is 7.20. The molecule has 1 aromatic rings. The Kier molecular flexibility index (Phi) is 3.54. The van der Waals surface area contributed by atoms with Crippen molar-refractivity contribution in [2.75, 3.05) is 24.2 Å². The van der Waals surface area contributed by atoms with E-state index in [-0.39, 0.29) is 0 Å². The molecule has 0 aliphatic rings. The number of hydrogen-bond acceptors (Lipinski definition) is 4. The lowest BCUT2D eigenvalue weighted by molar-refractivity contribution is 0.906. The Bertz CT molecular complexity index is 425. The molecule has 0 saturated heterocycles. The largest absolute Gasteiger partial charge is 0.396 e. The highest BCUT2D eigenvalue weighted by molar-refractivity contribution is 5.73. The molecule has 0 saturated carbocycles. The number of rotatable bonds is 3. The number of anilines is 2. The van der Waals surface area contributed by atoms with Gasteiger partial charge in [0.25, 0.3) is 0 Å². The van der Waals surface area contributed by atoms with Crippen LogP contribution in [0.1, 0.15) is 12.0 Å². The minimum Gasteiger partial charge on any atom is -0.396 e. The predicted molar refractivity (Wildman–Crippen MR) is 59.1 cm³/mol. The molecule has 0 aliphatic heterocycles. The molecule has 2 N–H and O–H groups in total. The molecular formula is C11H12N4. The lowest BCUT2D eigenvalue weighted by atomic mass is 10.1. The molecule has 0 bridgehead atoms. The number of hydrogen-bond donors (Lipinski definition) is 1. The van der Waals surface area contributed by atoms with Crippen LogP contribution in [0.25, 0.3) is 0 Å². The van der Waals surface area contributed by atoms with E-state index >= 15 is 0 Å². The van der Waals surface area contributed by atoms with Gasteiger partial charge in [-0.1, -0.05) is 6.07 Å². The summed E-state index contributed by atoms with van der Waals surface area (Å²) in [6, 6.07) is 9.40. The summed E-state index contributed by atoms with van der Waals surface area (Å²) >= 11 is 0. The molecule has 0 spiro atoms. The van der Waals surface area contributed by atoms with Crippen molar-refractivity contribution in [1.82, 2.24) is 0 Å². The average molecular weight is 200 g/mol. The lowest BCUT2D eigenvalue weighted by Gasteiger charge is -2.19. The van der Waals surface area contributed by atoms with Gasteiger partial charge in [0.2, 0.25) is 0 Å². The van der Waals surface area contributed by atoms with Crippen LogP contribution >= 0.6 is 0 Å². The van der Waals surface area contributed by atoms with E-state index in [0.717, 1.165) is 5.69 Å². The van der Waals surface area contributed by atoms with Gasteiger partial charge in [0.05, 0.1) is 29.4 Å². The third-order valence-corrected chi connectivity index (χ3v) is 2.17. The summed E-state index contributed by atoms with van der Waals surface area (Å²) in [5, 5.41) is 17.3. The van der Waals surface area contributed by atoms with E-state index in [1.54, 1.807) is 12.1 Å². The topological polar surface area (TPSA) is 76.8 Å². The highest BCUT2D eigenvalue weighted by Crippen LogP contribution is 2.25. The van der Waals surface area contributed by atoms with E-state index in [2.05, 4.69) is 6.07 Å². The summed E-state index contributed by atoms with van der Waals surface area (Å²) in [5.41, 5.74) is 7.56. The first kappa shape index (κ1) is 10.9. The zero-order valence-electron chi connectivity index (χ0n) is 8.57. The highest BCUT2D eigenvalue weighted by Gasteiger charge is 2.07. The van der Waals surface area contributed by atoms with Gasteiger partial charge < -0.3 is 10.6 Å². The molecule has 0 aromatic heterocycles. The second-order valence-electron chi connectivity index (χ2n) is 3.18. The second kappa shape index (κ2) is 4.88. The van der Waals surface area contributed by atoms with Gasteiger partial charge in [-0.25, -0.2) is 0 Å². The van der Waals surface area contributed by atoms with Crippen LogP contribution in [0.4, 0.5) is 11.4 Å². The number of nitrogen functional groups attached to an aromatic ring is 1. The maximum absolute atomic E-state index is 8.80. The SMILES string of the molecule is CN(CCC#N)c1cccc(C#N)c1N. The van der Waals surface area contributed by atoms with Gasteiger partial charge in [0, 0.05) is 13.6 Å². The van der Waals surface area contributed by atoms with Gasteiger partial charge in [-0.2, -0.15) is 10.5 Å². The Balaban J connectivity index is 2.96. The van der Waals surface area contributed by atoms with E-state index in [9.17, 15) is 0 Å². The molecule has 0 atom stereocenters. The molecule has 0 radical (unpaired) electrons.